The molecule has 0 saturated carbocycles. The predicted octanol–water partition coefficient (Wildman–Crippen LogP) is 5.31. The van der Waals surface area contributed by atoms with Crippen molar-refractivity contribution in [1.82, 2.24) is 19.8 Å². The van der Waals surface area contributed by atoms with Crippen molar-refractivity contribution in [2.75, 3.05) is 19.6 Å². The number of rotatable bonds is 7. The van der Waals surface area contributed by atoms with E-state index >= 15 is 0 Å². The van der Waals surface area contributed by atoms with E-state index in [0.29, 0.717) is 29.5 Å². The summed E-state index contributed by atoms with van der Waals surface area (Å²) in [6.45, 7) is 7.18. The second-order valence-electron chi connectivity index (χ2n) is 7.78. The minimum atomic E-state index is -0.349. The van der Waals surface area contributed by atoms with E-state index in [9.17, 15) is 9.59 Å². The molecule has 0 radical (unpaired) electrons. The van der Waals surface area contributed by atoms with Gasteiger partial charge in [0.05, 0.1) is 26.7 Å². The molecule has 34 heavy (non-hydrogen) atoms. The van der Waals surface area contributed by atoms with Crippen molar-refractivity contribution < 1.29 is 14.3 Å². The van der Waals surface area contributed by atoms with Crippen LogP contribution in [0.2, 0.25) is 0 Å². The van der Waals surface area contributed by atoms with Gasteiger partial charge in [0.15, 0.2) is 0 Å². The van der Waals surface area contributed by atoms with Crippen LogP contribution in [-0.4, -0.2) is 46.0 Å². The largest absolute Gasteiger partial charge is 0.456 e. The molecule has 3 aromatic heterocycles. The summed E-state index contributed by atoms with van der Waals surface area (Å²) in [5.41, 5.74) is 2.19. The molecule has 0 fully saturated rings. The van der Waals surface area contributed by atoms with Crippen molar-refractivity contribution in [3.8, 4) is 17.6 Å². The molecule has 1 aromatic carbocycles. The second-order valence-corrected chi connectivity index (χ2v) is 8.83. The number of carbonyl (C=O) groups excluding carboxylic acids is 2. The molecule has 0 unspecified atom stereocenters. The fourth-order valence-electron chi connectivity index (χ4n) is 3.92. The summed E-state index contributed by atoms with van der Waals surface area (Å²) in [6.07, 6.45) is 2.57. The molecular formula is C25H25N5O3S. The predicted molar refractivity (Wildman–Crippen MR) is 133 cm³/mol. The Labute approximate surface area is 201 Å². The van der Waals surface area contributed by atoms with Crippen LogP contribution in [0.15, 0.2) is 42.6 Å². The summed E-state index contributed by atoms with van der Waals surface area (Å²) in [6, 6.07) is 12.5. The summed E-state index contributed by atoms with van der Waals surface area (Å²) >= 11 is 1.38. The lowest BCUT2D eigenvalue weighted by molar-refractivity contribution is 0.0769. The first-order valence-electron chi connectivity index (χ1n) is 11.1. The smallest absolute Gasteiger partial charge is 0.327 e. The minimum absolute atomic E-state index is 0.00575. The van der Waals surface area contributed by atoms with Gasteiger partial charge in [-0.2, -0.15) is 5.26 Å². The Morgan fingerprint density at radius 2 is 2.06 bits per heavy atom. The molecule has 4 rings (SSSR count). The van der Waals surface area contributed by atoms with Crippen LogP contribution in [0.4, 0.5) is 4.79 Å². The first-order valence-corrected chi connectivity index (χ1v) is 11.9. The van der Waals surface area contributed by atoms with Gasteiger partial charge in [-0.05, 0) is 50.6 Å². The lowest BCUT2D eigenvalue weighted by Gasteiger charge is -2.18. The number of fused-ring (bicyclic) bond motifs is 2. The molecule has 8 nitrogen and oxygen atoms in total. The van der Waals surface area contributed by atoms with Gasteiger partial charge >= 0.3 is 6.03 Å². The summed E-state index contributed by atoms with van der Waals surface area (Å²) in [7, 11) is 0. The fourth-order valence-corrected chi connectivity index (χ4v) is 4.95. The molecule has 0 spiro atoms. The van der Waals surface area contributed by atoms with Gasteiger partial charge in [-0.3, -0.25) is 14.3 Å². The molecular weight excluding hydrogens is 450 g/mol. The quantitative estimate of drug-likeness (QED) is 0.365. The molecule has 4 aromatic rings. The van der Waals surface area contributed by atoms with Gasteiger partial charge in [0.1, 0.15) is 18.0 Å². The van der Waals surface area contributed by atoms with Gasteiger partial charge < -0.3 is 15.0 Å². The third kappa shape index (κ3) is 4.45. The molecule has 3 heterocycles. The molecule has 9 heteroatoms. The second kappa shape index (κ2) is 9.93. The van der Waals surface area contributed by atoms with Crippen molar-refractivity contribution in [3.63, 3.8) is 0 Å². The number of hydrogen-bond donors (Lipinski definition) is 1. The van der Waals surface area contributed by atoms with Crippen molar-refractivity contribution >= 4 is 44.4 Å². The Morgan fingerprint density at radius 1 is 1.24 bits per heavy atom. The number of amides is 2. The zero-order valence-electron chi connectivity index (χ0n) is 19.3. The number of nitrogens with zero attached hydrogens (tertiary/aromatic N) is 4. The number of nitrogens with one attached hydrogen (secondary N) is 1. The van der Waals surface area contributed by atoms with Crippen LogP contribution in [0.3, 0.4) is 0 Å². The third-order valence-corrected chi connectivity index (χ3v) is 6.58. The number of nitriles is 1. The zero-order chi connectivity index (χ0) is 24.2. The highest BCUT2D eigenvalue weighted by atomic mass is 32.1. The first-order chi connectivity index (χ1) is 16.5. The fraction of sp³-hybridized carbons (Fsp3) is 0.280. The summed E-state index contributed by atoms with van der Waals surface area (Å²) in [5.74, 6) is 1.23. The average molecular weight is 476 g/mol. The molecule has 0 saturated heterocycles. The van der Waals surface area contributed by atoms with Crippen LogP contribution < -0.4 is 10.1 Å². The van der Waals surface area contributed by atoms with Gasteiger partial charge in [-0.15, -0.1) is 11.3 Å². The van der Waals surface area contributed by atoms with E-state index in [1.807, 2.05) is 49.1 Å². The van der Waals surface area contributed by atoms with Crippen LogP contribution >= 0.6 is 11.3 Å². The number of ether oxygens (including phenoxy) is 1. The van der Waals surface area contributed by atoms with Crippen LogP contribution in [0, 0.1) is 18.3 Å². The van der Waals surface area contributed by atoms with Gasteiger partial charge in [0.2, 0.25) is 0 Å². The molecule has 0 aliphatic carbocycles. The lowest BCUT2D eigenvalue weighted by atomic mass is 10.2. The number of benzene rings is 1. The minimum Gasteiger partial charge on any atom is -0.456 e. The number of aromatic nitrogens is 2. The standard InChI is InChI=1S/C25H25N5O3S/c1-4-12-29(5-2)24(31)22-15-19-23(34-22)21(8-10-27-19)33-18-6-7-20-17(14-18)13-16(3)30(20)25(32)28-11-9-26/h6-8,10,13-15H,4-5,11-12H2,1-3H3,(H,28,32). The van der Waals surface area contributed by atoms with E-state index in [1.165, 1.54) is 15.9 Å². The number of hydrogen-bond acceptors (Lipinski definition) is 6. The average Bonchev–Trinajstić information content (AvgIpc) is 3.41. The summed E-state index contributed by atoms with van der Waals surface area (Å²) < 4.78 is 8.54. The van der Waals surface area contributed by atoms with E-state index in [4.69, 9.17) is 10.00 Å². The highest BCUT2D eigenvalue weighted by Gasteiger charge is 2.19. The maximum Gasteiger partial charge on any atom is 0.327 e. The molecule has 0 aliphatic heterocycles. The van der Waals surface area contributed by atoms with Crippen LogP contribution in [0.1, 0.15) is 35.6 Å². The topological polar surface area (TPSA) is 100 Å². The van der Waals surface area contributed by atoms with Gasteiger partial charge in [-0.1, -0.05) is 6.92 Å². The Kier molecular flexibility index (Phi) is 6.80. The monoisotopic (exact) mass is 475 g/mol. The number of aryl methyl sites for hydroxylation is 1. The van der Waals surface area contributed by atoms with Crippen molar-refractivity contribution in [3.05, 3.63) is 53.2 Å². The van der Waals surface area contributed by atoms with Crippen LogP contribution in [0.5, 0.6) is 11.5 Å². The maximum atomic E-state index is 12.9. The third-order valence-electron chi connectivity index (χ3n) is 5.46. The van der Waals surface area contributed by atoms with E-state index in [0.717, 1.165) is 33.2 Å². The van der Waals surface area contributed by atoms with Crippen molar-refractivity contribution in [2.24, 2.45) is 0 Å². The summed E-state index contributed by atoms with van der Waals surface area (Å²) in [4.78, 5) is 32.2. The van der Waals surface area contributed by atoms with Crippen molar-refractivity contribution in [1.29, 1.82) is 5.26 Å². The highest BCUT2D eigenvalue weighted by Crippen LogP contribution is 2.36. The van der Waals surface area contributed by atoms with E-state index in [1.54, 1.807) is 18.3 Å². The molecule has 174 valence electrons. The summed E-state index contributed by atoms with van der Waals surface area (Å²) in [5, 5.41) is 12.1. The maximum absolute atomic E-state index is 12.9. The van der Waals surface area contributed by atoms with E-state index in [2.05, 4.69) is 17.2 Å². The molecule has 1 N–H and O–H groups in total. The van der Waals surface area contributed by atoms with Gasteiger partial charge in [-0.25, -0.2) is 4.79 Å². The molecule has 2 amide bonds. The molecule has 0 bridgehead atoms. The normalized spacial score (nSPS) is 10.9. The zero-order valence-corrected chi connectivity index (χ0v) is 20.1. The molecule has 0 atom stereocenters. The lowest BCUT2D eigenvalue weighted by Crippen LogP contribution is -2.30. The number of pyridine rings is 1. The molecule has 0 aliphatic rings. The van der Waals surface area contributed by atoms with E-state index < -0.39 is 0 Å². The number of carbonyl (C=O) groups is 2. The van der Waals surface area contributed by atoms with Gasteiger partial charge in [0.25, 0.3) is 5.91 Å². The number of thiophene rings is 1. The Bertz CT molecular complexity index is 1420. The van der Waals surface area contributed by atoms with Crippen LogP contribution in [-0.2, 0) is 0 Å². The van der Waals surface area contributed by atoms with Crippen LogP contribution in [0.25, 0.3) is 21.1 Å². The Morgan fingerprint density at radius 3 is 2.79 bits per heavy atom. The van der Waals surface area contributed by atoms with E-state index in [-0.39, 0.29) is 18.5 Å². The van der Waals surface area contributed by atoms with Gasteiger partial charge in [0, 0.05) is 36.4 Å². The highest BCUT2D eigenvalue weighted by molar-refractivity contribution is 7.21. The SMILES string of the molecule is CCCN(CC)C(=O)c1cc2nccc(Oc3ccc4c(c3)cc(C)n4C(=O)NCC#N)c2s1. The first kappa shape index (κ1) is 23.3. The van der Waals surface area contributed by atoms with Crippen molar-refractivity contribution in [2.45, 2.75) is 27.2 Å². The Balaban J connectivity index is 1.64. The Hall–Kier alpha value is -3.90.